The van der Waals surface area contributed by atoms with Crippen molar-refractivity contribution in [2.45, 2.75) is 6.92 Å². The Morgan fingerprint density at radius 1 is 1.37 bits per heavy atom. The Kier molecular flexibility index (Phi) is 4.03. The van der Waals surface area contributed by atoms with Gasteiger partial charge in [0.2, 0.25) is 0 Å². The Hall–Kier alpha value is -2.06. The van der Waals surface area contributed by atoms with E-state index in [2.05, 4.69) is 32.3 Å². The minimum atomic E-state index is 0.554. The summed E-state index contributed by atoms with van der Waals surface area (Å²) in [6.45, 7) is 1.99. The molecule has 4 nitrogen and oxygen atoms in total. The first-order chi connectivity index (χ1) is 9.15. The van der Waals surface area contributed by atoms with Gasteiger partial charge in [-0.25, -0.2) is 4.98 Å². The fourth-order valence-electron chi connectivity index (χ4n) is 1.62. The van der Waals surface area contributed by atoms with Gasteiger partial charge in [-0.1, -0.05) is 0 Å². The van der Waals surface area contributed by atoms with Gasteiger partial charge in [-0.15, -0.1) is 0 Å². The van der Waals surface area contributed by atoms with Gasteiger partial charge in [0.1, 0.15) is 11.6 Å². The summed E-state index contributed by atoms with van der Waals surface area (Å²) in [6.07, 6.45) is 1.73. The SMILES string of the molecule is COc1cc(C#N)ccc1Nc1nccc(C)c1Br. The monoisotopic (exact) mass is 317 g/mol. The number of aryl methyl sites for hydroxylation is 1. The molecule has 96 valence electrons. The summed E-state index contributed by atoms with van der Waals surface area (Å²) in [5.41, 5.74) is 2.41. The highest BCUT2D eigenvalue weighted by molar-refractivity contribution is 9.10. The molecule has 1 aromatic carbocycles. The Morgan fingerprint density at radius 2 is 2.16 bits per heavy atom. The molecule has 0 aliphatic rings. The molecule has 0 bridgehead atoms. The molecule has 1 N–H and O–H groups in total. The second-order valence-corrected chi connectivity index (χ2v) is 4.74. The minimum absolute atomic E-state index is 0.554. The second kappa shape index (κ2) is 5.72. The molecule has 0 atom stereocenters. The van der Waals surface area contributed by atoms with Crippen LogP contribution in [0.2, 0.25) is 0 Å². The van der Waals surface area contributed by atoms with Crippen molar-refractivity contribution < 1.29 is 4.74 Å². The quantitative estimate of drug-likeness (QED) is 0.936. The van der Waals surface area contributed by atoms with Crippen molar-refractivity contribution >= 4 is 27.4 Å². The molecule has 1 aromatic heterocycles. The van der Waals surface area contributed by atoms with Gasteiger partial charge >= 0.3 is 0 Å². The highest BCUT2D eigenvalue weighted by Crippen LogP contribution is 2.31. The Balaban J connectivity index is 2.38. The third-order valence-corrected chi connectivity index (χ3v) is 3.67. The van der Waals surface area contributed by atoms with Gasteiger partial charge in [-0.05, 0) is 46.6 Å². The number of halogens is 1. The first-order valence-corrected chi connectivity index (χ1v) is 6.41. The number of rotatable bonds is 3. The van der Waals surface area contributed by atoms with Crippen LogP contribution >= 0.6 is 15.9 Å². The Labute approximate surface area is 120 Å². The van der Waals surface area contributed by atoms with Crippen molar-refractivity contribution in [2.75, 3.05) is 12.4 Å². The van der Waals surface area contributed by atoms with Crippen LogP contribution in [0.25, 0.3) is 0 Å². The summed E-state index contributed by atoms with van der Waals surface area (Å²) in [7, 11) is 1.57. The fourth-order valence-corrected chi connectivity index (χ4v) is 1.95. The molecule has 1 heterocycles. The van der Waals surface area contributed by atoms with Crippen molar-refractivity contribution in [2.24, 2.45) is 0 Å². The predicted octanol–water partition coefficient (Wildman–Crippen LogP) is 3.78. The van der Waals surface area contributed by atoms with E-state index in [0.717, 1.165) is 15.7 Å². The zero-order valence-electron chi connectivity index (χ0n) is 10.6. The zero-order valence-corrected chi connectivity index (χ0v) is 12.2. The maximum Gasteiger partial charge on any atom is 0.145 e. The number of nitrogens with zero attached hydrogens (tertiary/aromatic N) is 2. The third kappa shape index (κ3) is 2.85. The van der Waals surface area contributed by atoms with E-state index in [0.29, 0.717) is 17.1 Å². The van der Waals surface area contributed by atoms with Gasteiger partial charge in [0, 0.05) is 12.3 Å². The van der Waals surface area contributed by atoms with E-state index in [9.17, 15) is 0 Å². The smallest absolute Gasteiger partial charge is 0.145 e. The molecular formula is C14H12BrN3O. The molecule has 0 unspecified atom stereocenters. The van der Waals surface area contributed by atoms with Gasteiger partial charge in [-0.2, -0.15) is 5.26 Å². The number of hydrogen-bond donors (Lipinski definition) is 1. The molecular weight excluding hydrogens is 306 g/mol. The number of anilines is 2. The zero-order chi connectivity index (χ0) is 13.8. The molecule has 2 aromatic rings. The van der Waals surface area contributed by atoms with Crippen LogP contribution in [-0.4, -0.2) is 12.1 Å². The Morgan fingerprint density at radius 3 is 2.84 bits per heavy atom. The number of nitrogens with one attached hydrogen (secondary N) is 1. The second-order valence-electron chi connectivity index (χ2n) is 3.94. The van der Waals surface area contributed by atoms with Crippen LogP contribution in [-0.2, 0) is 0 Å². The molecule has 0 saturated carbocycles. The number of benzene rings is 1. The number of aromatic nitrogens is 1. The van der Waals surface area contributed by atoms with E-state index in [4.69, 9.17) is 10.00 Å². The van der Waals surface area contributed by atoms with E-state index in [1.165, 1.54) is 0 Å². The minimum Gasteiger partial charge on any atom is -0.495 e. The summed E-state index contributed by atoms with van der Waals surface area (Å²) >= 11 is 3.49. The van der Waals surface area contributed by atoms with Crippen molar-refractivity contribution in [3.05, 3.63) is 46.1 Å². The van der Waals surface area contributed by atoms with Crippen LogP contribution in [0.1, 0.15) is 11.1 Å². The average molecular weight is 318 g/mol. The number of methoxy groups -OCH3 is 1. The van der Waals surface area contributed by atoms with Crippen molar-refractivity contribution in [1.82, 2.24) is 4.98 Å². The predicted molar refractivity (Wildman–Crippen MR) is 77.7 cm³/mol. The van der Waals surface area contributed by atoms with Gasteiger partial charge < -0.3 is 10.1 Å². The van der Waals surface area contributed by atoms with E-state index in [1.807, 2.05) is 13.0 Å². The molecule has 0 aliphatic carbocycles. The van der Waals surface area contributed by atoms with Gasteiger partial charge in [0.05, 0.1) is 28.9 Å². The molecule has 19 heavy (non-hydrogen) atoms. The lowest BCUT2D eigenvalue weighted by molar-refractivity contribution is 0.416. The summed E-state index contributed by atoms with van der Waals surface area (Å²) < 4.78 is 6.18. The van der Waals surface area contributed by atoms with E-state index in [1.54, 1.807) is 31.5 Å². The molecule has 0 spiro atoms. The van der Waals surface area contributed by atoms with E-state index in [-0.39, 0.29) is 0 Å². The standard InChI is InChI=1S/C14H12BrN3O/c1-9-5-6-17-14(13(9)15)18-11-4-3-10(8-16)7-12(11)19-2/h3-7H,1-2H3,(H,17,18). The van der Waals surface area contributed by atoms with Gasteiger partial charge in [0.25, 0.3) is 0 Å². The topological polar surface area (TPSA) is 57.9 Å². The summed E-state index contributed by atoms with van der Waals surface area (Å²) in [4.78, 5) is 4.27. The van der Waals surface area contributed by atoms with Crippen LogP contribution < -0.4 is 10.1 Å². The van der Waals surface area contributed by atoms with Crippen molar-refractivity contribution in [3.63, 3.8) is 0 Å². The average Bonchev–Trinajstić information content (AvgIpc) is 2.44. The number of nitriles is 1. The van der Waals surface area contributed by atoms with Crippen LogP contribution in [0.15, 0.2) is 34.9 Å². The molecule has 5 heteroatoms. The van der Waals surface area contributed by atoms with Crippen molar-refractivity contribution in [1.29, 1.82) is 5.26 Å². The lowest BCUT2D eigenvalue weighted by Crippen LogP contribution is -1.98. The van der Waals surface area contributed by atoms with Gasteiger partial charge in [-0.3, -0.25) is 0 Å². The number of pyridine rings is 1. The van der Waals surface area contributed by atoms with Crippen LogP contribution in [0.3, 0.4) is 0 Å². The lowest BCUT2D eigenvalue weighted by Gasteiger charge is -2.12. The fraction of sp³-hybridized carbons (Fsp3) is 0.143. The summed E-state index contributed by atoms with van der Waals surface area (Å²) in [5.74, 6) is 1.32. The molecule has 0 amide bonds. The van der Waals surface area contributed by atoms with E-state index >= 15 is 0 Å². The lowest BCUT2D eigenvalue weighted by atomic mass is 10.2. The van der Waals surface area contributed by atoms with Crippen LogP contribution in [0, 0.1) is 18.3 Å². The first-order valence-electron chi connectivity index (χ1n) is 5.62. The maximum atomic E-state index is 8.87. The van der Waals surface area contributed by atoms with Crippen LogP contribution in [0.4, 0.5) is 11.5 Å². The highest BCUT2D eigenvalue weighted by atomic mass is 79.9. The molecule has 2 rings (SSSR count). The maximum absolute atomic E-state index is 8.87. The largest absolute Gasteiger partial charge is 0.495 e. The molecule has 0 saturated heterocycles. The molecule has 0 fully saturated rings. The van der Waals surface area contributed by atoms with E-state index < -0.39 is 0 Å². The Bertz CT molecular complexity index is 650. The van der Waals surface area contributed by atoms with Crippen molar-refractivity contribution in [3.8, 4) is 11.8 Å². The first kappa shape index (κ1) is 13.4. The number of ether oxygens (including phenoxy) is 1. The number of hydrogen-bond acceptors (Lipinski definition) is 4. The summed E-state index contributed by atoms with van der Waals surface area (Å²) in [5, 5.41) is 12.1. The highest BCUT2D eigenvalue weighted by Gasteiger charge is 2.08. The van der Waals surface area contributed by atoms with Crippen LogP contribution in [0.5, 0.6) is 5.75 Å². The normalized spacial score (nSPS) is 9.79. The molecule has 0 aliphatic heterocycles. The molecule has 0 radical (unpaired) electrons. The summed E-state index contributed by atoms with van der Waals surface area (Å²) in [6, 6.07) is 9.22. The van der Waals surface area contributed by atoms with Gasteiger partial charge in [0.15, 0.2) is 0 Å². The third-order valence-electron chi connectivity index (χ3n) is 2.67.